The molecular formula is C14H18BrN3O. The first-order chi connectivity index (χ1) is 9.15. The Morgan fingerprint density at radius 1 is 1.47 bits per heavy atom. The second-order valence-electron chi connectivity index (χ2n) is 5.47. The highest BCUT2D eigenvalue weighted by atomic mass is 79.9. The Bertz CT molecular complexity index is 505. The van der Waals surface area contributed by atoms with Crippen LogP contribution in [0.3, 0.4) is 0 Å². The topological polar surface area (TPSA) is 45.2 Å². The molecular weight excluding hydrogens is 306 g/mol. The predicted octanol–water partition coefficient (Wildman–Crippen LogP) is 2.26. The summed E-state index contributed by atoms with van der Waals surface area (Å²) in [7, 11) is 0. The fourth-order valence-corrected chi connectivity index (χ4v) is 3.53. The number of aryl methyl sites for hydroxylation is 1. The number of carbonyl (C=O) groups is 1. The number of fused-ring (bicyclic) bond motifs is 1. The van der Waals surface area contributed by atoms with E-state index >= 15 is 0 Å². The summed E-state index contributed by atoms with van der Waals surface area (Å²) in [5, 5.41) is 3.12. The van der Waals surface area contributed by atoms with E-state index in [1.807, 2.05) is 12.3 Å². The molecule has 0 saturated carbocycles. The Morgan fingerprint density at radius 2 is 2.32 bits per heavy atom. The number of amides is 1. The SMILES string of the molecule is Cc1ccnc(N2CCC3NC(=O)CCC3C2)c1Br. The van der Waals surface area contributed by atoms with Crippen molar-refractivity contribution in [1.82, 2.24) is 10.3 Å². The Morgan fingerprint density at radius 3 is 3.16 bits per heavy atom. The van der Waals surface area contributed by atoms with Crippen LogP contribution in [-0.4, -0.2) is 30.0 Å². The summed E-state index contributed by atoms with van der Waals surface area (Å²) in [5.41, 5.74) is 1.21. The molecule has 1 amide bonds. The van der Waals surface area contributed by atoms with Crippen molar-refractivity contribution in [3.05, 3.63) is 22.3 Å². The lowest BCUT2D eigenvalue weighted by molar-refractivity contribution is -0.124. The highest BCUT2D eigenvalue weighted by Crippen LogP contribution is 2.32. The molecule has 0 aliphatic carbocycles. The molecule has 0 spiro atoms. The Labute approximate surface area is 121 Å². The summed E-state index contributed by atoms with van der Waals surface area (Å²) in [6.07, 6.45) is 4.54. The molecule has 1 aromatic heterocycles. The molecule has 3 heterocycles. The second kappa shape index (κ2) is 5.12. The summed E-state index contributed by atoms with van der Waals surface area (Å²) < 4.78 is 1.09. The Balaban J connectivity index is 1.78. The number of pyridine rings is 1. The van der Waals surface area contributed by atoms with Crippen LogP contribution >= 0.6 is 15.9 Å². The van der Waals surface area contributed by atoms with Gasteiger partial charge in [-0.05, 0) is 53.2 Å². The Kier molecular flexibility index (Phi) is 3.48. The van der Waals surface area contributed by atoms with Crippen LogP contribution in [-0.2, 0) is 4.79 Å². The minimum atomic E-state index is 0.213. The second-order valence-corrected chi connectivity index (χ2v) is 6.27. The monoisotopic (exact) mass is 323 g/mol. The maximum atomic E-state index is 11.4. The van der Waals surface area contributed by atoms with E-state index in [4.69, 9.17) is 0 Å². The van der Waals surface area contributed by atoms with Crippen LogP contribution in [0, 0.1) is 12.8 Å². The zero-order valence-corrected chi connectivity index (χ0v) is 12.6. The molecule has 2 fully saturated rings. The van der Waals surface area contributed by atoms with Gasteiger partial charge in [-0.2, -0.15) is 0 Å². The minimum absolute atomic E-state index is 0.213. The standard InChI is InChI=1S/C14H18BrN3O/c1-9-4-6-16-14(13(9)15)18-7-5-11-10(8-18)2-3-12(19)17-11/h4,6,10-11H,2-3,5,7-8H2,1H3,(H,17,19). The molecule has 19 heavy (non-hydrogen) atoms. The van der Waals surface area contributed by atoms with E-state index in [-0.39, 0.29) is 5.91 Å². The van der Waals surface area contributed by atoms with Gasteiger partial charge in [0, 0.05) is 31.7 Å². The van der Waals surface area contributed by atoms with E-state index in [1.165, 1.54) is 5.56 Å². The van der Waals surface area contributed by atoms with Crippen LogP contribution < -0.4 is 10.2 Å². The van der Waals surface area contributed by atoms with Crippen molar-refractivity contribution < 1.29 is 4.79 Å². The van der Waals surface area contributed by atoms with Gasteiger partial charge >= 0.3 is 0 Å². The number of nitrogens with one attached hydrogen (secondary N) is 1. The van der Waals surface area contributed by atoms with Crippen LogP contribution in [0.1, 0.15) is 24.8 Å². The van der Waals surface area contributed by atoms with Crippen molar-refractivity contribution in [2.45, 2.75) is 32.2 Å². The average Bonchev–Trinajstić information content (AvgIpc) is 2.41. The zero-order chi connectivity index (χ0) is 13.4. The third kappa shape index (κ3) is 2.48. The highest BCUT2D eigenvalue weighted by Gasteiger charge is 2.34. The number of halogens is 1. The van der Waals surface area contributed by atoms with E-state index in [0.717, 1.165) is 36.2 Å². The molecule has 0 radical (unpaired) electrons. The van der Waals surface area contributed by atoms with E-state index < -0.39 is 0 Å². The van der Waals surface area contributed by atoms with Gasteiger partial charge in [-0.3, -0.25) is 4.79 Å². The number of carbonyl (C=O) groups excluding carboxylic acids is 1. The molecule has 4 nitrogen and oxygen atoms in total. The Hall–Kier alpha value is -1.10. The number of hydrogen-bond donors (Lipinski definition) is 1. The summed E-state index contributed by atoms with van der Waals surface area (Å²) in [5.74, 6) is 1.81. The molecule has 5 heteroatoms. The van der Waals surface area contributed by atoms with Gasteiger partial charge in [0.2, 0.25) is 5.91 Å². The first kappa shape index (κ1) is 12.9. The number of hydrogen-bond acceptors (Lipinski definition) is 3. The van der Waals surface area contributed by atoms with Gasteiger partial charge in [0.05, 0.1) is 4.47 Å². The van der Waals surface area contributed by atoms with Crippen LogP contribution in [0.5, 0.6) is 0 Å². The number of rotatable bonds is 1. The number of piperidine rings is 2. The molecule has 0 aromatic carbocycles. The van der Waals surface area contributed by atoms with Gasteiger partial charge in [0.15, 0.2) is 0 Å². The van der Waals surface area contributed by atoms with Gasteiger partial charge in [-0.15, -0.1) is 0 Å². The third-order valence-corrected chi connectivity index (χ3v) is 5.17. The van der Waals surface area contributed by atoms with Gasteiger partial charge < -0.3 is 10.2 Å². The van der Waals surface area contributed by atoms with Gasteiger partial charge in [0.25, 0.3) is 0 Å². The summed E-state index contributed by atoms with van der Waals surface area (Å²) in [6, 6.07) is 2.38. The van der Waals surface area contributed by atoms with Crippen molar-refractivity contribution in [3.63, 3.8) is 0 Å². The van der Waals surface area contributed by atoms with Crippen molar-refractivity contribution in [2.24, 2.45) is 5.92 Å². The molecule has 2 unspecified atom stereocenters. The van der Waals surface area contributed by atoms with Gasteiger partial charge in [0.1, 0.15) is 5.82 Å². The largest absolute Gasteiger partial charge is 0.355 e. The van der Waals surface area contributed by atoms with E-state index in [9.17, 15) is 4.79 Å². The quantitative estimate of drug-likeness (QED) is 0.862. The molecule has 3 rings (SSSR count). The van der Waals surface area contributed by atoms with Gasteiger partial charge in [-0.25, -0.2) is 4.98 Å². The summed E-state index contributed by atoms with van der Waals surface area (Å²) >= 11 is 3.64. The molecule has 1 N–H and O–H groups in total. The molecule has 1 aromatic rings. The van der Waals surface area contributed by atoms with E-state index in [2.05, 4.69) is 38.1 Å². The number of anilines is 1. The summed E-state index contributed by atoms with van der Waals surface area (Å²) in [4.78, 5) is 18.3. The lowest BCUT2D eigenvalue weighted by Crippen LogP contribution is -2.54. The van der Waals surface area contributed by atoms with Crippen LogP contribution in [0.15, 0.2) is 16.7 Å². The van der Waals surface area contributed by atoms with Crippen molar-refractivity contribution in [2.75, 3.05) is 18.0 Å². The average molecular weight is 324 g/mol. The normalized spacial score (nSPS) is 26.8. The third-order valence-electron chi connectivity index (χ3n) is 4.19. The fourth-order valence-electron chi connectivity index (χ4n) is 3.05. The molecule has 102 valence electrons. The maximum Gasteiger partial charge on any atom is 0.220 e. The van der Waals surface area contributed by atoms with Gasteiger partial charge in [-0.1, -0.05) is 0 Å². The zero-order valence-electron chi connectivity index (χ0n) is 11.0. The van der Waals surface area contributed by atoms with Crippen LogP contribution in [0.2, 0.25) is 0 Å². The van der Waals surface area contributed by atoms with Crippen molar-refractivity contribution >= 4 is 27.7 Å². The first-order valence-corrected chi connectivity index (χ1v) is 7.60. The highest BCUT2D eigenvalue weighted by molar-refractivity contribution is 9.10. The molecule has 2 atom stereocenters. The first-order valence-electron chi connectivity index (χ1n) is 6.80. The van der Waals surface area contributed by atoms with E-state index in [1.54, 1.807) is 0 Å². The maximum absolute atomic E-state index is 11.4. The number of nitrogens with zero attached hydrogens (tertiary/aromatic N) is 2. The molecule has 2 aliphatic rings. The minimum Gasteiger partial charge on any atom is -0.355 e. The molecule has 2 aliphatic heterocycles. The van der Waals surface area contributed by atoms with Crippen LogP contribution in [0.4, 0.5) is 5.82 Å². The number of aromatic nitrogens is 1. The molecule has 2 saturated heterocycles. The van der Waals surface area contributed by atoms with Crippen molar-refractivity contribution in [3.8, 4) is 0 Å². The fraction of sp³-hybridized carbons (Fsp3) is 0.571. The molecule has 0 bridgehead atoms. The van der Waals surface area contributed by atoms with E-state index in [0.29, 0.717) is 18.4 Å². The van der Waals surface area contributed by atoms with Crippen molar-refractivity contribution in [1.29, 1.82) is 0 Å². The summed E-state index contributed by atoms with van der Waals surface area (Å²) in [6.45, 7) is 4.03. The smallest absolute Gasteiger partial charge is 0.220 e. The predicted molar refractivity (Wildman–Crippen MR) is 78.2 cm³/mol. The van der Waals surface area contributed by atoms with Crippen LogP contribution in [0.25, 0.3) is 0 Å². The lowest BCUT2D eigenvalue weighted by atomic mass is 9.85. The lowest BCUT2D eigenvalue weighted by Gasteiger charge is -2.42.